The summed E-state index contributed by atoms with van der Waals surface area (Å²) in [5.74, 6) is 0.536. The van der Waals surface area contributed by atoms with Gasteiger partial charge in [0, 0.05) is 37.7 Å². The van der Waals surface area contributed by atoms with E-state index in [-0.39, 0.29) is 23.9 Å². The van der Waals surface area contributed by atoms with E-state index in [4.69, 9.17) is 4.74 Å². The van der Waals surface area contributed by atoms with Crippen LogP contribution in [0.15, 0.2) is 24.3 Å². The highest BCUT2D eigenvalue weighted by Gasteiger charge is 2.24. The van der Waals surface area contributed by atoms with Crippen molar-refractivity contribution >= 4 is 17.9 Å². The molecule has 7 nitrogen and oxygen atoms in total. The summed E-state index contributed by atoms with van der Waals surface area (Å²) in [7, 11) is 0. The highest BCUT2D eigenvalue weighted by molar-refractivity contribution is 5.94. The lowest BCUT2D eigenvalue weighted by molar-refractivity contribution is -0.122. The maximum atomic E-state index is 12.4. The molecule has 0 atom stereocenters. The minimum absolute atomic E-state index is 0.00864. The predicted octanol–water partition coefficient (Wildman–Crippen LogP) is 3.98. The number of nitrogens with zero attached hydrogens (tertiary/aromatic N) is 1. The molecule has 1 heterocycles. The van der Waals surface area contributed by atoms with E-state index in [2.05, 4.69) is 22.8 Å². The summed E-state index contributed by atoms with van der Waals surface area (Å²) in [6.45, 7) is 3.83. The number of rotatable bonds is 8. The van der Waals surface area contributed by atoms with Crippen LogP contribution in [-0.4, -0.2) is 55.1 Å². The van der Waals surface area contributed by atoms with E-state index in [0.29, 0.717) is 50.6 Å². The van der Waals surface area contributed by atoms with Crippen LogP contribution in [-0.2, 0) is 9.53 Å². The molecule has 1 aromatic carbocycles. The molecule has 3 rings (SSSR count). The number of carbonyl (C=O) groups is 3. The zero-order chi connectivity index (χ0) is 22.8. The molecule has 1 aliphatic heterocycles. The number of ether oxygens (including phenoxy) is 1. The van der Waals surface area contributed by atoms with Crippen molar-refractivity contribution in [2.45, 2.75) is 76.7 Å². The first-order valence-electron chi connectivity index (χ1n) is 12.2. The first-order valence-corrected chi connectivity index (χ1v) is 12.2. The minimum atomic E-state index is -0.281. The number of nitrogens with one attached hydrogen (secondary N) is 2. The van der Waals surface area contributed by atoms with Crippen molar-refractivity contribution in [2.24, 2.45) is 0 Å². The fraction of sp³-hybridized carbons (Fsp3) is 0.640. The molecule has 0 unspecified atom stereocenters. The van der Waals surface area contributed by atoms with Crippen molar-refractivity contribution in [3.8, 4) is 0 Å². The molecule has 0 radical (unpaired) electrons. The second kappa shape index (κ2) is 12.5. The topological polar surface area (TPSA) is 87.7 Å². The Bertz CT molecular complexity index is 751. The molecule has 3 amide bonds. The molecule has 0 spiro atoms. The summed E-state index contributed by atoms with van der Waals surface area (Å²) in [4.78, 5) is 38.0. The van der Waals surface area contributed by atoms with Gasteiger partial charge in [-0.15, -0.1) is 0 Å². The van der Waals surface area contributed by atoms with Gasteiger partial charge >= 0.3 is 6.09 Å². The molecule has 1 saturated carbocycles. The van der Waals surface area contributed by atoms with Crippen molar-refractivity contribution < 1.29 is 19.1 Å². The molecule has 1 aliphatic carbocycles. The molecule has 2 aliphatic rings. The van der Waals surface area contributed by atoms with Crippen molar-refractivity contribution in [3.05, 3.63) is 35.4 Å². The van der Waals surface area contributed by atoms with Crippen LogP contribution in [0.25, 0.3) is 0 Å². The molecule has 1 aromatic rings. The standard InChI is InChI=1S/C25H37N3O4/c1-2-32-25(31)28-17-14-22(15-18-28)27-23(29)9-6-16-26-24(30)21-12-10-20(11-13-21)19-7-4-3-5-8-19/h10-13,19,22H,2-9,14-18H2,1H3,(H,26,30)(H,27,29). The van der Waals surface area contributed by atoms with Crippen LogP contribution >= 0.6 is 0 Å². The lowest BCUT2D eigenvalue weighted by atomic mass is 9.84. The van der Waals surface area contributed by atoms with Crippen LogP contribution in [0, 0.1) is 0 Å². The normalized spacial score (nSPS) is 17.6. The number of piperidine rings is 1. The molecular weight excluding hydrogens is 406 g/mol. The van der Waals surface area contributed by atoms with Gasteiger partial charge in [0.15, 0.2) is 0 Å². The molecule has 0 aromatic heterocycles. The van der Waals surface area contributed by atoms with Crippen LogP contribution in [0.1, 0.15) is 86.6 Å². The monoisotopic (exact) mass is 443 g/mol. The molecule has 2 fully saturated rings. The molecule has 0 bridgehead atoms. The van der Waals surface area contributed by atoms with Gasteiger partial charge in [0.25, 0.3) is 5.91 Å². The summed E-state index contributed by atoms with van der Waals surface area (Å²) < 4.78 is 5.01. The van der Waals surface area contributed by atoms with E-state index >= 15 is 0 Å². The van der Waals surface area contributed by atoms with Crippen molar-refractivity contribution in [3.63, 3.8) is 0 Å². The van der Waals surface area contributed by atoms with Crippen LogP contribution in [0.2, 0.25) is 0 Å². The Morgan fingerprint density at radius 2 is 1.69 bits per heavy atom. The number of likely N-dealkylation sites (tertiary alicyclic amines) is 1. The zero-order valence-corrected chi connectivity index (χ0v) is 19.2. The molecule has 1 saturated heterocycles. The summed E-state index contributed by atoms with van der Waals surface area (Å²) in [6.07, 6.45) is 8.59. The van der Waals surface area contributed by atoms with Gasteiger partial charge < -0.3 is 20.3 Å². The molecule has 32 heavy (non-hydrogen) atoms. The van der Waals surface area contributed by atoms with Gasteiger partial charge in [-0.25, -0.2) is 4.79 Å². The van der Waals surface area contributed by atoms with E-state index in [1.807, 2.05) is 12.1 Å². The average Bonchev–Trinajstić information content (AvgIpc) is 2.83. The highest BCUT2D eigenvalue weighted by Crippen LogP contribution is 2.32. The Kier molecular flexibility index (Phi) is 9.38. The van der Waals surface area contributed by atoms with Gasteiger partial charge in [0.2, 0.25) is 5.91 Å². The molecule has 176 valence electrons. The quantitative estimate of drug-likeness (QED) is 0.595. The summed E-state index contributed by atoms with van der Waals surface area (Å²) >= 11 is 0. The highest BCUT2D eigenvalue weighted by atomic mass is 16.6. The molecule has 7 heteroatoms. The van der Waals surface area contributed by atoms with Crippen molar-refractivity contribution in [1.29, 1.82) is 0 Å². The van der Waals surface area contributed by atoms with Gasteiger partial charge in [0.05, 0.1) is 6.61 Å². The molecular formula is C25H37N3O4. The Balaban J connectivity index is 1.30. The number of carbonyl (C=O) groups excluding carboxylic acids is 3. The third-order valence-electron chi connectivity index (χ3n) is 6.50. The van der Waals surface area contributed by atoms with Gasteiger partial charge in [-0.05, 0) is 62.6 Å². The van der Waals surface area contributed by atoms with Crippen molar-refractivity contribution in [2.75, 3.05) is 26.2 Å². The van der Waals surface area contributed by atoms with E-state index in [0.717, 1.165) is 12.8 Å². The largest absolute Gasteiger partial charge is 0.450 e. The third-order valence-corrected chi connectivity index (χ3v) is 6.50. The fourth-order valence-corrected chi connectivity index (χ4v) is 4.62. The Morgan fingerprint density at radius 1 is 1.00 bits per heavy atom. The van der Waals surface area contributed by atoms with E-state index in [9.17, 15) is 14.4 Å². The maximum absolute atomic E-state index is 12.4. The minimum Gasteiger partial charge on any atom is -0.450 e. The second-order valence-corrected chi connectivity index (χ2v) is 8.84. The maximum Gasteiger partial charge on any atom is 0.409 e. The van der Waals surface area contributed by atoms with Gasteiger partial charge in [-0.3, -0.25) is 9.59 Å². The van der Waals surface area contributed by atoms with Gasteiger partial charge in [0.1, 0.15) is 0 Å². The van der Waals surface area contributed by atoms with Crippen LogP contribution in [0.5, 0.6) is 0 Å². The van der Waals surface area contributed by atoms with Crippen LogP contribution < -0.4 is 10.6 Å². The van der Waals surface area contributed by atoms with E-state index in [1.54, 1.807) is 11.8 Å². The first kappa shape index (κ1) is 24.1. The zero-order valence-electron chi connectivity index (χ0n) is 19.2. The number of amides is 3. The fourth-order valence-electron chi connectivity index (χ4n) is 4.62. The predicted molar refractivity (Wildman–Crippen MR) is 124 cm³/mol. The Labute approximate surface area is 191 Å². The van der Waals surface area contributed by atoms with Crippen LogP contribution in [0.3, 0.4) is 0 Å². The number of benzene rings is 1. The van der Waals surface area contributed by atoms with Crippen molar-refractivity contribution in [1.82, 2.24) is 15.5 Å². The summed E-state index contributed by atoms with van der Waals surface area (Å²) in [5.41, 5.74) is 2.01. The number of hydrogen-bond donors (Lipinski definition) is 2. The summed E-state index contributed by atoms with van der Waals surface area (Å²) in [5, 5.41) is 5.95. The SMILES string of the molecule is CCOC(=O)N1CCC(NC(=O)CCCNC(=O)c2ccc(C3CCCCC3)cc2)CC1. The Morgan fingerprint density at radius 3 is 2.34 bits per heavy atom. The van der Waals surface area contributed by atoms with Crippen LogP contribution in [0.4, 0.5) is 4.79 Å². The van der Waals surface area contributed by atoms with E-state index < -0.39 is 0 Å². The lowest BCUT2D eigenvalue weighted by Crippen LogP contribution is -2.46. The lowest BCUT2D eigenvalue weighted by Gasteiger charge is -2.31. The molecule has 2 N–H and O–H groups in total. The second-order valence-electron chi connectivity index (χ2n) is 8.84. The average molecular weight is 444 g/mol. The number of hydrogen-bond acceptors (Lipinski definition) is 4. The van der Waals surface area contributed by atoms with Gasteiger partial charge in [-0.2, -0.15) is 0 Å². The Hall–Kier alpha value is -2.57. The summed E-state index contributed by atoms with van der Waals surface area (Å²) in [6, 6.07) is 8.09. The first-order chi connectivity index (χ1) is 15.6. The van der Waals surface area contributed by atoms with E-state index in [1.165, 1.54) is 37.7 Å². The smallest absolute Gasteiger partial charge is 0.409 e. The third kappa shape index (κ3) is 7.24. The van der Waals surface area contributed by atoms with Gasteiger partial charge in [-0.1, -0.05) is 31.4 Å².